The van der Waals surface area contributed by atoms with Crippen LogP contribution in [0.5, 0.6) is 0 Å². The summed E-state index contributed by atoms with van der Waals surface area (Å²) in [5.74, 6) is 0. The summed E-state index contributed by atoms with van der Waals surface area (Å²) in [6.45, 7) is 4.49. The fourth-order valence-electron chi connectivity index (χ4n) is 2.98. The lowest BCUT2D eigenvalue weighted by Crippen LogP contribution is -1.89. The maximum Gasteiger partial charge on any atom is 0.0461 e. The van der Waals surface area contributed by atoms with Gasteiger partial charge in [-0.05, 0) is 55.4 Å². The molecule has 0 bridgehead atoms. The van der Waals surface area contributed by atoms with Gasteiger partial charge in [0, 0.05) is 16.6 Å². The Bertz CT molecular complexity index is 520. The SMILES string of the molecule is CCc1c(C)ccc2[nH]c3c(c12)CCC3. The van der Waals surface area contributed by atoms with Gasteiger partial charge in [0.2, 0.25) is 0 Å². The van der Waals surface area contributed by atoms with Gasteiger partial charge in [-0.3, -0.25) is 0 Å². The summed E-state index contributed by atoms with van der Waals surface area (Å²) in [6.07, 6.45) is 4.99. The first-order valence-corrected chi connectivity index (χ1v) is 5.93. The van der Waals surface area contributed by atoms with Gasteiger partial charge in [0.05, 0.1) is 0 Å². The van der Waals surface area contributed by atoms with Gasteiger partial charge in [-0.2, -0.15) is 0 Å². The molecular weight excluding hydrogens is 182 g/mol. The van der Waals surface area contributed by atoms with E-state index in [0.29, 0.717) is 0 Å². The first-order valence-electron chi connectivity index (χ1n) is 5.93. The Morgan fingerprint density at radius 2 is 2.13 bits per heavy atom. The summed E-state index contributed by atoms with van der Waals surface area (Å²) >= 11 is 0. The van der Waals surface area contributed by atoms with Gasteiger partial charge in [0.15, 0.2) is 0 Å². The zero-order valence-electron chi connectivity index (χ0n) is 9.48. The smallest absolute Gasteiger partial charge is 0.0461 e. The second-order valence-electron chi connectivity index (χ2n) is 4.57. The van der Waals surface area contributed by atoms with Crippen LogP contribution >= 0.6 is 0 Å². The number of aromatic amines is 1. The van der Waals surface area contributed by atoms with Crippen molar-refractivity contribution in [3.8, 4) is 0 Å². The van der Waals surface area contributed by atoms with Crippen LogP contribution in [-0.2, 0) is 19.3 Å². The molecule has 1 aromatic carbocycles. The lowest BCUT2D eigenvalue weighted by atomic mass is 9.98. The average Bonchev–Trinajstić information content (AvgIpc) is 2.78. The van der Waals surface area contributed by atoms with Crippen LogP contribution in [0.2, 0.25) is 0 Å². The fourth-order valence-corrected chi connectivity index (χ4v) is 2.98. The predicted molar refractivity (Wildman–Crippen MR) is 64.4 cm³/mol. The fraction of sp³-hybridized carbons (Fsp3) is 0.429. The number of aromatic nitrogens is 1. The van der Waals surface area contributed by atoms with E-state index in [1.807, 2.05) is 0 Å². The molecule has 3 rings (SSSR count). The van der Waals surface area contributed by atoms with Crippen LogP contribution in [0.1, 0.15) is 35.7 Å². The number of nitrogens with one attached hydrogen (secondary N) is 1. The summed E-state index contributed by atoms with van der Waals surface area (Å²) in [4.78, 5) is 3.58. The zero-order chi connectivity index (χ0) is 10.4. The lowest BCUT2D eigenvalue weighted by Gasteiger charge is -2.06. The third-order valence-corrected chi connectivity index (χ3v) is 3.71. The average molecular weight is 199 g/mol. The molecule has 1 heteroatoms. The molecule has 1 heterocycles. The first kappa shape index (κ1) is 9.02. The Morgan fingerprint density at radius 3 is 2.93 bits per heavy atom. The second kappa shape index (κ2) is 3.13. The van der Waals surface area contributed by atoms with Crippen LogP contribution < -0.4 is 0 Å². The van der Waals surface area contributed by atoms with Gasteiger partial charge in [0.25, 0.3) is 0 Å². The van der Waals surface area contributed by atoms with Crippen molar-refractivity contribution >= 4 is 10.9 Å². The number of H-pyrrole nitrogens is 1. The third-order valence-electron chi connectivity index (χ3n) is 3.71. The van der Waals surface area contributed by atoms with Crippen molar-refractivity contribution in [1.29, 1.82) is 0 Å². The van der Waals surface area contributed by atoms with Gasteiger partial charge >= 0.3 is 0 Å². The molecule has 0 aliphatic heterocycles. The Labute approximate surface area is 90.5 Å². The quantitative estimate of drug-likeness (QED) is 0.723. The molecule has 0 amide bonds. The van der Waals surface area contributed by atoms with Crippen LogP contribution in [0.25, 0.3) is 10.9 Å². The summed E-state index contributed by atoms with van der Waals surface area (Å²) < 4.78 is 0. The van der Waals surface area contributed by atoms with E-state index >= 15 is 0 Å². The van der Waals surface area contributed by atoms with Gasteiger partial charge in [0.1, 0.15) is 0 Å². The van der Waals surface area contributed by atoms with Crippen LogP contribution in [-0.4, -0.2) is 4.98 Å². The molecule has 1 aliphatic rings. The van der Waals surface area contributed by atoms with E-state index in [2.05, 4.69) is 31.0 Å². The van der Waals surface area contributed by atoms with Crippen LogP contribution in [0, 0.1) is 6.92 Å². The molecule has 0 atom stereocenters. The molecule has 15 heavy (non-hydrogen) atoms. The van der Waals surface area contributed by atoms with Crippen molar-refractivity contribution in [3.63, 3.8) is 0 Å². The second-order valence-corrected chi connectivity index (χ2v) is 4.57. The summed E-state index contributed by atoms with van der Waals surface area (Å²) in [6, 6.07) is 4.48. The number of rotatable bonds is 1. The molecule has 0 radical (unpaired) electrons. The minimum atomic E-state index is 1.15. The minimum absolute atomic E-state index is 1.15. The largest absolute Gasteiger partial charge is 0.358 e. The van der Waals surface area contributed by atoms with E-state index in [0.717, 1.165) is 6.42 Å². The van der Waals surface area contributed by atoms with E-state index < -0.39 is 0 Å². The number of hydrogen-bond acceptors (Lipinski definition) is 0. The zero-order valence-corrected chi connectivity index (χ0v) is 9.48. The molecule has 2 aromatic rings. The standard InChI is InChI=1S/C14H17N/c1-3-10-9(2)7-8-13-14(10)11-5-4-6-12(11)15-13/h7-8,15H,3-6H2,1-2H3. The maximum atomic E-state index is 3.58. The van der Waals surface area contributed by atoms with E-state index in [1.165, 1.54) is 41.4 Å². The predicted octanol–water partition coefficient (Wildman–Crippen LogP) is 3.53. The molecule has 78 valence electrons. The molecule has 1 aliphatic carbocycles. The highest BCUT2D eigenvalue weighted by atomic mass is 14.7. The lowest BCUT2D eigenvalue weighted by molar-refractivity contribution is 0.898. The van der Waals surface area contributed by atoms with Gasteiger partial charge in [-0.1, -0.05) is 13.0 Å². The Balaban J connectivity index is 2.41. The van der Waals surface area contributed by atoms with Gasteiger partial charge in [-0.15, -0.1) is 0 Å². The number of fused-ring (bicyclic) bond motifs is 3. The normalized spacial score (nSPS) is 14.8. The third kappa shape index (κ3) is 1.16. The van der Waals surface area contributed by atoms with E-state index in [9.17, 15) is 0 Å². The number of aryl methyl sites for hydroxylation is 4. The van der Waals surface area contributed by atoms with Crippen molar-refractivity contribution in [1.82, 2.24) is 4.98 Å². The summed E-state index contributed by atoms with van der Waals surface area (Å²) in [7, 11) is 0. The van der Waals surface area contributed by atoms with E-state index in [-0.39, 0.29) is 0 Å². The molecule has 0 saturated carbocycles. The monoisotopic (exact) mass is 199 g/mol. The van der Waals surface area contributed by atoms with Crippen molar-refractivity contribution in [3.05, 3.63) is 34.5 Å². The molecule has 1 nitrogen and oxygen atoms in total. The Morgan fingerprint density at radius 1 is 1.27 bits per heavy atom. The topological polar surface area (TPSA) is 15.8 Å². The number of hydrogen-bond donors (Lipinski definition) is 1. The molecule has 0 unspecified atom stereocenters. The number of benzene rings is 1. The molecule has 0 spiro atoms. The van der Waals surface area contributed by atoms with Crippen molar-refractivity contribution in [2.75, 3.05) is 0 Å². The first-order chi connectivity index (χ1) is 7.31. The van der Waals surface area contributed by atoms with Crippen LogP contribution in [0.4, 0.5) is 0 Å². The van der Waals surface area contributed by atoms with E-state index in [1.54, 1.807) is 11.1 Å². The van der Waals surface area contributed by atoms with Crippen molar-refractivity contribution < 1.29 is 0 Å². The molecule has 1 aromatic heterocycles. The highest BCUT2D eigenvalue weighted by molar-refractivity contribution is 5.89. The molecule has 1 N–H and O–H groups in total. The summed E-state index contributed by atoms with van der Waals surface area (Å²) in [5.41, 5.74) is 7.43. The minimum Gasteiger partial charge on any atom is -0.358 e. The molecular formula is C14H17N. The molecule has 0 fully saturated rings. The Hall–Kier alpha value is -1.24. The highest BCUT2D eigenvalue weighted by Crippen LogP contribution is 2.33. The van der Waals surface area contributed by atoms with Crippen molar-refractivity contribution in [2.45, 2.75) is 39.5 Å². The van der Waals surface area contributed by atoms with Gasteiger partial charge < -0.3 is 4.98 Å². The maximum absolute atomic E-state index is 3.58. The Kier molecular flexibility index (Phi) is 1.88. The summed E-state index contributed by atoms with van der Waals surface area (Å²) in [5, 5.41) is 1.53. The van der Waals surface area contributed by atoms with Crippen molar-refractivity contribution in [2.24, 2.45) is 0 Å². The van der Waals surface area contributed by atoms with Gasteiger partial charge in [-0.25, -0.2) is 0 Å². The van der Waals surface area contributed by atoms with Crippen LogP contribution in [0.15, 0.2) is 12.1 Å². The van der Waals surface area contributed by atoms with Crippen LogP contribution in [0.3, 0.4) is 0 Å². The highest BCUT2D eigenvalue weighted by Gasteiger charge is 2.18. The van der Waals surface area contributed by atoms with E-state index in [4.69, 9.17) is 0 Å². The molecule has 0 saturated heterocycles.